The number of rotatable bonds is 8. The quantitative estimate of drug-likeness (QED) is 0.178. The van der Waals surface area contributed by atoms with E-state index in [9.17, 15) is 30.8 Å². The highest BCUT2D eigenvalue weighted by Gasteiger charge is 2.36. The number of halogens is 5. The Hall–Kier alpha value is -4.33. The summed E-state index contributed by atoms with van der Waals surface area (Å²) < 4.78 is 109. The monoisotopic (exact) mass is 610 g/mol. The molecule has 2 aromatic carbocycles. The number of alkyl halides is 3. The number of sulfonamides is 1. The summed E-state index contributed by atoms with van der Waals surface area (Å²) in [6, 6.07) is 6.75. The van der Waals surface area contributed by atoms with Gasteiger partial charge in [0.1, 0.15) is 41.3 Å². The molecule has 1 N–H and O–H groups in total. The lowest BCUT2D eigenvalue weighted by Gasteiger charge is -2.14. The van der Waals surface area contributed by atoms with Crippen LogP contribution in [-0.2, 0) is 34.0 Å². The molecule has 0 radical (unpaired) electrons. The SMILES string of the molecule is CC(C)(C)S(=O)(=O)N=Cc1nccc(-c2cc(COc3cc(F)ccc3CC(=O)O)cc3c(C(F)(F)F)coc23)c1F. The molecule has 4 rings (SSSR count). The molecule has 0 aliphatic carbocycles. The number of fused-ring (bicyclic) bond motifs is 1. The third kappa shape index (κ3) is 6.43. The van der Waals surface area contributed by atoms with Crippen LogP contribution < -0.4 is 4.74 Å². The van der Waals surface area contributed by atoms with Crippen molar-refractivity contribution in [3.63, 3.8) is 0 Å². The van der Waals surface area contributed by atoms with Crippen LogP contribution in [0.2, 0.25) is 0 Å². The molecule has 0 spiro atoms. The van der Waals surface area contributed by atoms with Crippen LogP contribution in [0, 0.1) is 11.6 Å². The minimum Gasteiger partial charge on any atom is -0.488 e. The molecule has 8 nitrogen and oxygen atoms in total. The molecule has 0 atom stereocenters. The highest BCUT2D eigenvalue weighted by atomic mass is 32.2. The molecular formula is C28H23F5N2O6S. The van der Waals surface area contributed by atoms with E-state index < -0.39 is 68.2 Å². The first-order valence-corrected chi connectivity index (χ1v) is 13.6. The maximum atomic E-state index is 15.7. The molecule has 2 aromatic heterocycles. The van der Waals surface area contributed by atoms with Crippen molar-refractivity contribution >= 4 is 33.2 Å². The van der Waals surface area contributed by atoms with Gasteiger partial charge in [-0.2, -0.15) is 17.6 Å². The number of benzene rings is 2. The van der Waals surface area contributed by atoms with Gasteiger partial charge in [-0.15, -0.1) is 0 Å². The molecule has 0 unspecified atom stereocenters. The fourth-order valence-corrected chi connectivity index (χ4v) is 4.42. The number of pyridine rings is 1. The topological polar surface area (TPSA) is 119 Å². The van der Waals surface area contributed by atoms with E-state index in [-0.39, 0.29) is 33.6 Å². The Kier molecular flexibility index (Phi) is 8.13. The molecule has 0 fully saturated rings. The molecule has 4 aromatic rings. The van der Waals surface area contributed by atoms with Crippen LogP contribution in [0.15, 0.2) is 57.7 Å². The lowest BCUT2D eigenvalue weighted by molar-refractivity contribution is -0.137. The van der Waals surface area contributed by atoms with Crippen LogP contribution in [0.1, 0.15) is 43.2 Å². The van der Waals surface area contributed by atoms with E-state index in [0.29, 0.717) is 12.5 Å². The number of ether oxygens (including phenoxy) is 1. The molecule has 14 heteroatoms. The molecule has 42 heavy (non-hydrogen) atoms. The molecule has 0 amide bonds. The van der Waals surface area contributed by atoms with Crippen molar-refractivity contribution in [3.05, 3.63) is 82.9 Å². The molecule has 0 aliphatic heterocycles. The lowest BCUT2D eigenvalue weighted by Crippen LogP contribution is -2.25. The lowest BCUT2D eigenvalue weighted by atomic mass is 9.98. The predicted octanol–water partition coefficient (Wildman–Crippen LogP) is 6.55. The molecular weight excluding hydrogens is 587 g/mol. The van der Waals surface area contributed by atoms with Crippen molar-refractivity contribution < 1.29 is 49.4 Å². The average Bonchev–Trinajstić information content (AvgIpc) is 3.32. The van der Waals surface area contributed by atoms with Crippen LogP contribution in [0.4, 0.5) is 22.0 Å². The Labute approximate surface area is 236 Å². The molecule has 2 heterocycles. The molecule has 222 valence electrons. The van der Waals surface area contributed by atoms with E-state index in [1.165, 1.54) is 32.9 Å². The van der Waals surface area contributed by atoms with Gasteiger partial charge in [0.15, 0.2) is 5.82 Å². The fourth-order valence-electron chi connectivity index (χ4n) is 3.87. The summed E-state index contributed by atoms with van der Waals surface area (Å²) in [4.78, 5) is 15.0. The Bertz CT molecular complexity index is 1810. The summed E-state index contributed by atoms with van der Waals surface area (Å²) in [5.74, 6) is -3.17. The van der Waals surface area contributed by atoms with Crippen molar-refractivity contribution in [2.75, 3.05) is 0 Å². The van der Waals surface area contributed by atoms with Crippen molar-refractivity contribution in [2.24, 2.45) is 4.40 Å². The van der Waals surface area contributed by atoms with Gasteiger partial charge in [0, 0.05) is 34.3 Å². The van der Waals surface area contributed by atoms with Gasteiger partial charge < -0.3 is 14.3 Å². The number of hydrogen-bond donors (Lipinski definition) is 1. The zero-order valence-corrected chi connectivity index (χ0v) is 23.1. The first-order chi connectivity index (χ1) is 19.5. The fraction of sp³-hybridized carbons (Fsp3) is 0.250. The predicted molar refractivity (Wildman–Crippen MR) is 143 cm³/mol. The maximum absolute atomic E-state index is 15.7. The van der Waals surface area contributed by atoms with Gasteiger partial charge in [0.25, 0.3) is 10.0 Å². The van der Waals surface area contributed by atoms with Crippen LogP contribution in [-0.4, -0.2) is 35.4 Å². The first kappa shape index (κ1) is 30.6. The number of furan rings is 1. The number of carboxylic acids is 1. The molecule has 0 saturated heterocycles. The minimum absolute atomic E-state index is 0.0803. The van der Waals surface area contributed by atoms with Gasteiger partial charge in [-0.25, -0.2) is 17.2 Å². The van der Waals surface area contributed by atoms with Gasteiger partial charge >= 0.3 is 12.1 Å². The smallest absolute Gasteiger partial charge is 0.420 e. The van der Waals surface area contributed by atoms with Crippen molar-refractivity contribution in [2.45, 2.75) is 44.7 Å². The van der Waals surface area contributed by atoms with Gasteiger partial charge in [-0.1, -0.05) is 6.07 Å². The molecule has 0 aliphatic rings. The van der Waals surface area contributed by atoms with Crippen molar-refractivity contribution in [1.29, 1.82) is 0 Å². The largest absolute Gasteiger partial charge is 0.488 e. The van der Waals surface area contributed by atoms with Crippen LogP contribution in [0.25, 0.3) is 22.1 Å². The Morgan fingerprint density at radius 2 is 1.81 bits per heavy atom. The second-order valence-electron chi connectivity index (χ2n) is 10.2. The van der Waals surface area contributed by atoms with Gasteiger partial charge in [0.2, 0.25) is 0 Å². The zero-order valence-electron chi connectivity index (χ0n) is 22.3. The second-order valence-corrected chi connectivity index (χ2v) is 12.5. The summed E-state index contributed by atoms with van der Waals surface area (Å²) in [5.41, 5.74) is -2.16. The summed E-state index contributed by atoms with van der Waals surface area (Å²) in [5, 5.41) is 8.71. The van der Waals surface area contributed by atoms with E-state index in [1.54, 1.807) is 0 Å². The van der Waals surface area contributed by atoms with Gasteiger partial charge in [-0.3, -0.25) is 9.78 Å². The highest BCUT2D eigenvalue weighted by Crippen LogP contribution is 2.41. The van der Waals surface area contributed by atoms with Gasteiger partial charge in [0.05, 0.1) is 17.4 Å². The Morgan fingerprint density at radius 3 is 2.45 bits per heavy atom. The number of aliphatic carboxylic acids is 1. The third-order valence-corrected chi connectivity index (χ3v) is 8.03. The average molecular weight is 611 g/mol. The molecule has 0 saturated carbocycles. The van der Waals surface area contributed by atoms with E-state index in [0.717, 1.165) is 30.5 Å². The van der Waals surface area contributed by atoms with Crippen molar-refractivity contribution in [3.8, 4) is 16.9 Å². The minimum atomic E-state index is -4.84. The summed E-state index contributed by atoms with van der Waals surface area (Å²) in [7, 11) is -4.05. The van der Waals surface area contributed by atoms with E-state index in [2.05, 4.69) is 9.38 Å². The van der Waals surface area contributed by atoms with E-state index in [4.69, 9.17) is 14.3 Å². The number of nitrogens with zero attached hydrogens (tertiary/aromatic N) is 2. The highest BCUT2D eigenvalue weighted by molar-refractivity contribution is 7.91. The number of aromatic nitrogens is 1. The Morgan fingerprint density at radius 1 is 1.10 bits per heavy atom. The van der Waals surface area contributed by atoms with E-state index >= 15 is 4.39 Å². The van der Waals surface area contributed by atoms with E-state index in [1.807, 2.05) is 0 Å². The number of carboxylic acid groups (broad SMARTS) is 1. The van der Waals surface area contributed by atoms with Crippen molar-refractivity contribution in [1.82, 2.24) is 4.98 Å². The third-order valence-electron chi connectivity index (χ3n) is 6.10. The molecule has 0 bridgehead atoms. The second kappa shape index (κ2) is 11.2. The standard InChI is InChI=1S/C28H23F5N2O6S/c1-27(2,3)42(38,39)35-12-22-25(30)18(6-7-34-22)19-8-15(9-20-21(28(31,32)33)14-41-26(19)20)13-40-23-11-17(29)5-4-16(23)10-24(36)37/h4-9,11-12,14H,10,13H2,1-3H3,(H,36,37). The van der Waals surface area contributed by atoms with Crippen LogP contribution in [0.5, 0.6) is 5.75 Å². The van der Waals surface area contributed by atoms with Gasteiger partial charge in [-0.05, 0) is 50.6 Å². The van der Waals surface area contributed by atoms with Crippen LogP contribution >= 0.6 is 0 Å². The number of carbonyl (C=O) groups is 1. The summed E-state index contributed by atoms with van der Waals surface area (Å²) in [6.45, 7) is 3.74. The summed E-state index contributed by atoms with van der Waals surface area (Å²) in [6.07, 6.45) is -3.03. The zero-order chi connectivity index (χ0) is 31.0. The Balaban J connectivity index is 1.83. The van der Waals surface area contributed by atoms with Crippen LogP contribution in [0.3, 0.4) is 0 Å². The number of hydrogen-bond acceptors (Lipinski definition) is 6. The normalized spacial score (nSPS) is 12.8. The summed E-state index contributed by atoms with van der Waals surface area (Å²) >= 11 is 0. The maximum Gasteiger partial charge on any atom is 0.420 e. The first-order valence-electron chi connectivity index (χ1n) is 12.2.